The minimum Gasteiger partial charge on any atom is -0.465 e. The van der Waals surface area contributed by atoms with Gasteiger partial charge in [-0.3, -0.25) is 0 Å². The highest BCUT2D eigenvalue weighted by atomic mass is 16.6. The lowest BCUT2D eigenvalue weighted by atomic mass is 10.1. The fourth-order valence-electron chi connectivity index (χ4n) is 2.80. The Morgan fingerprint density at radius 3 is 2.54 bits per heavy atom. The lowest BCUT2D eigenvalue weighted by molar-refractivity contribution is 0.0286. The van der Waals surface area contributed by atoms with E-state index in [9.17, 15) is 14.7 Å². The van der Waals surface area contributed by atoms with Crippen molar-refractivity contribution in [1.82, 2.24) is 9.80 Å². The summed E-state index contributed by atoms with van der Waals surface area (Å²) in [6.45, 7) is 7.44. The Labute approximate surface area is 143 Å². The van der Waals surface area contributed by atoms with E-state index in [1.54, 1.807) is 4.90 Å². The molecule has 0 bridgehead atoms. The summed E-state index contributed by atoms with van der Waals surface area (Å²) in [7, 11) is 0. The molecule has 2 rings (SSSR count). The molecule has 1 N–H and O–H groups in total. The summed E-state index contributed by atoms with van der Waals surface area (Å²) in [5, 5.41) is 9.44. The molecule has 0 aromatic heterocycles. The van der Waals surface area contributed by atoms with E-state index in [0.29, 0.717) is 26.2 Å². The smallest absolute Gasteiger partial charge is 0.410 e. The van der Waals surface area contributed by atoms with Crippen LogP contribution in [-0.2, 0) is 11.3 Å². The molecule has 1 heterocycles. The van der Waals surface area contributed by atoms with E-state index in [1.807, 2.05) is 51.1 Å². The van der Waals surface area contributed by atoms with E-state index in [0.717, 1.165) is 12.0 Å². The third kappa shape index (κ3) is 5.44. The van der Waals surface area contributed by atoms with Crippen LogP contribution < -0.4 is 0 Å². The number of rotatable bonds is 4. The summed E-state index contributed by atoms with van der Waals surface area (Å²) in [4.78, 5) is 26.7. The summed E-state index contributed by atoms with van der Waals surface area (Å²) in [5.74, 6) is 0.136. The Bertz CT molecular complexity index is 568. The summed E-state index contributed by atoms with van der Waals surface area (Å²) >= 11 is 0. The zero-order chi connectivity index (χ0) is 17.7. The maximum absolute atomic E-state index is 12.1. The van der Waals surface area contributed by atoms with Crippen LogP contribution >= 0.6 is 0 Å². The first-order valence-corrected chi connectivity index (χ1v) is 8.24. The number of carbonyl (C=O) groups excluding carboxylic acids is 1. The fraction of sp³-hybridized carbons (Fsp3) is 0.556. The van der Waals surface area contributed by atoms with Crippen LogP contribution in [-0.4, -0.2) is 52.3 Å². The number of hydrogen-bond donors (Lipinski definition) is 1. The summed E-state index contributed by atoms with van der Waals surface area (Å²) in [6, 6.07) is 9.53. The lowest BCUT2D eigenvalue weighted by Gasteiger charge is -2.25. The van der Waals surface area contributed by atoms with Gasteiger partial charge < -0.3 is 19.6 Å². The van der Waals surface area contributed by atoms with Crippen LogP contribution in [0.5, 0.6) is 0 Å². The number of likely N-dealkylation sites (tertiary alicyclic amines) is 1. The molecule has 1 unspecified atom stereocenters. The van der Waals surface area contributed by atoms with E-state index >= 15 is 0 Å². The summed E-state index contributed by atoms with van der Waals surface area (Å²) in [6.07, 6.45) is -0.470. The molecule has 1 aromatic carbocycles. The van der Waals surface area contributed by atoms with Crippen LogP contribution in [0.4, 0.5) is 9.59 Å². The Morgan fingerprint density at radius 1 is 1.29 bits per heavy atom. The second-order valence-corrected chi connectivity index (χ2v) is 7.23. The average molecular weight is 334 g/mol. The molecule has 1 atom stereocenters. The van der Waals surface area contributed by atoms with Gasteiger partial charge in [-0.05, 0) is 38.7 Å². The van der Waals surface area contributed by atoms with Crippen molar-refractivity contribution in [2.45, 2.75) is 39.3 Å². The third-order valence-electron chi connectivity index (χ3n) is 3.90. The number of ether oxygens (including phenoxy) is 1. The van der Waals surface area contributed by atoms with Crippen molar-refractivity contribution in [3.8, 4) is 0 Å². The Morgan fingerprint density at radius 2 is 1.96 bits per heavy atom. The van der Waals surface area contributed by atoms with E-state index < -0.39 is 11.7 Å². The fourth-order valence-corrected chi connectivity index (χ4v) is 2.80. The predicted octanol–water partition coefficient (Wildman–Crippen LogP) is 3.42. The molecule has 1 aliphatic rings. The number of hydrogen-bond acceptors (Lipinski definition) is 3. The minimum atomic E-state index is -0.936. The maximum atomic E-state index is 12.1. The van der Waals surface area contributed by atoms with Gasteiger partial charge in [0.25, 0.3) is 0 Å². The monoisotopic (exact) mass is 334 g/mol. The molecule has 1 fully saturated rings. The molecule has 24 heavy (non-hydrogen) atoms. The van der Waals surface area contributed by atoms with Gasteiger partial charge in [-0.2, -0.15) is 0 Å². The molecular formula is C18H26N2O4. The highest BCUT2D eigenvalue weighted by molar-refractivity contribution is 5.68. The van der Waals surface area contributed by atoms with Crippen LogP contribution in [0.1, 0.15) is 32.8 Å². The van der Waals surface area contributed by atoms with Crippen LogP contribution in [0.25, 0.3) is 0 Å². The van der Waals surface area contributed by atoms with Crippen LogP contribution in [0.15, 0.2) is 30.3 Å². The molecule has 0 saturated carbocycles. The molecule has 1 saturated heterocycles. The topological polar surface area (TPSA) is 70.1 Å². The largest absolute Gasteiger partial charge is 0.465 e. The number of amides is 2. The maximum Gasteiger partial charge on any atom is 0.410 e. The van der Waals surface area contributed by atoms with Gasteiger partial charge in [0.1, 0.15) is 5.60 Å². The molecular weight excluding hydrogens is 308 g/mol. The SMILES string of the molecule is CC(C)(C)OC(=O)N1CCC(CN(Cc2ccccc2)C(=O)O)C1. The zero-order valence-electron chi connectivity index (χ0n) is 14.6. The van der Waals surface area contributed by atoms with Gasteiger partial charge in [-0.15, -0.1) is 0 Å². The Balaban J connectivity index is 1.90. The van der Waals surface area contributed by atoms with Gasteiger partial charge in [0.15, 0.2) is 0 Å². The molecule has 1 aliphatic heterocycles. The first-order valence-electron chi connectivity index (χ1n) is 8.24. The number of carboxylic acid groups (broad SMARTS) is 1. The second-order valence-electron chi connectivity index (χ2n) is 7.23. The van der Waals surface area contributed by atoms with Crippen LogP contribution in [0.3, 0.4) is 0 Å². The van der Waals surface area contributed by atoms with Crippen LogP contribution in [0, 0.1) is 5.92 Å². The molecule has 2 amide bonds. The van der Waals surface area contributed by atoms with Gasteiger partial charge in [0.05, 0.1) is 0 Å². The molecule has 6 heteroatoms. The molecule has 6 nitrogen and oxygen atoms in total. The van der Waals surface area contributed by atoms with Gasteiger partial charge in [0.2, 0.25) is 0 Å². The van der Waals surface area contributed by atoms with Gasteiger partial charge >= 0.3 is 12.2 Å². The van der Waals surface area contributed by atoms with Crippen molar-refractivity contribution in [1.29, 1.82) is 0 Å². The molecule has 132 valence electrons. The minimum absolute atomic E-state index is 0.136. The van der Waals surface area contributed by atoms with Gasteiger partial charge in [-0.1, -0.05) is 30.3 Å². The normalized spacial score (nSPS) is 17.6. The van der Waals surface area contributed by atoms with E-state index in [4.69, 9.17) is 4.74 Å². The Kier molecular flexibility index (Phi) is 5.70. The number of nitrogens with zero attached hydrogens (tertiary/aromatic N) is 2. The number of carbonyl (C=O) groups is 2. The zero-order valence-corrected chi connectivity index (χ0v) is 14.6. The standard InChI is InChI=1S/C18H26N2O4/c1-18(2,3)24-17(23)19-10-9-15(12-19)13-20(16(21)22)11-14-7-5-4-6-8-14/h4-8,15H,9-13H2,1-3H3,(H,21,22). The predicted molar refractivity (Wildman–Crippen MR) is 90.8 cm³/mol. The Hall–Kier alpha value is -2.24. The lowest BCUT2D eigenvalue weighted by Crippen LogP contribution is -2.37. The van der Waals surface area contributed by atoms with E-state index in [-0.39, 0.29) is 12.0 Å². The van der Waals surface area contributed by atoms with Crippen molar-refractivity contribution in [2.75, 3.05) is 19.6 Å². The third-order valence-corrected chi connectivity index (χ3v) is 3.90. The second kappa shape index (κ2) is 7.55. The van der Waals surface area contributed by atoms with Gasteiger partial charge in [-0.25, -0.2) is 9.59 Å². The highest BCUT2D eigenvalue weighted by Gasteiger charge is 2.31. The van der Waals surface area contributed by atoms with Crippen molar-refractivity contribution in [3.05, 3.63) is 35.9 Å². The molecule has 0 spiro atoms. The van der Waals surface area contributed by atoms with Crippen molar-refractivity contribution >= 4 is 12.2 Å². The van der Waals surface area contributed by atoms with Crippen molar-refractivity contribution in [3.63, 3.8) is 0 Å². The quantitative estimate of drug-likeness (QED) is 0.916. The molecule has 0 radical (unpaired) electrons. The summed E-state index contributed by atoms with van der Waals surface area (Å²) < 4.78 is 5.38. The van der Waals surface area contributed by atoms with Crippen molar-refractivity contribution in [2.24, 2.45) is 5.92 Å². The average Bonchev–Trinajstić information content (AvgIpc) is 2.94. The highest BCUT2D eigenvalue weighted by Crippen LogP contribution is 2.21. The van der Waals surface area contributed by atoms with Crippen molar-refractivity contribution < 1.29 is 19.4 Å². The van der Waals surface area contributed by atoms with Gasteiger partial charge in [0, 0.05) is 26.2 Å². The van der Waals surface area contributed by atoms with Crippen LogP contribution in [0.2, 0.25) is 0 Å². The molecule has 0 aliphatic carbocycles. The number of benzene rings is 1. The van der Waals surface area contributed by atoms with E-state index in [2.05, 4.69) is 0 Å². The molecule has 1 aromatic rings. The summed E-state index contributed by atoms with van der Waals surface area (Å²) in [5.41, 5.74) is 0.442. The first-order chi connectivity index (χ1) is 11.2. The first kappa shape index (κ1) is 18.1. The van der Waals surface area contributed by atoms with E-state index in [1.165, 1.54) is 4.90 Å².